The molecule has 2 heterocycles. The summed E-state index contributed by atoms with van der Waals surface area (Å²) in [6.07, 6.45) is 8.95. The summed E-state index contributed by atoms with van der Waals surface area (Å²) in [5.41, 5.74) is 5.91. The second-order valence-electron chi connectivity index (χ2n) is 14.0. The van der Waals surface area contributed by atoms with Gasteiger partial charge in [0.2, 0.25) is 0 Å². The van der Waals surface area contributed by atoms with Crippen molar-refractivity contribution in [1.82, 2.24) is 4.90 Å². The summed E-state index contributed by atoms with van der Waals surface area (Å²) < 4.78 is 20.1. The molecule has 1 unspecified atom stereocenters. The average Bonchev–Trinajstić information content (AvgIpc) is 3.76. The molecule has 4 nitrogen and oxygen atoms in total. The summed E-state index contributed by atoms with van der Waals surface area (Å²) in [5.74, 6) is 3.29. The quantitative estimate of drug-likeness (QED) is 0.314. The van der Waals surface area contributed by atoms with Crippen LogP contribution in [0.3, 0.4) is 0 Å². The molecule has 212 valence electrons. The van der Waals surface area contributed by atoms with Gasteiger partial charge in [-0.15, -0.1) is 0 Å². The van der Waals surface area contributed by atoms with Gasteiger partial charge in [0.15, 0.2) is 11.5 Å². The van der Waals surface area contributed by atoms with Crippen LogP contribution < -0.4 is 9.47 Å². The molecule has 4 saturated carbocycles. The minimum absolute atomic E-state index is 0.0409. The van der Waals surface area contributed by atoms with Gasteiger partial charge >= 0.3 is 0 Å². The predicted octanol–water partition coefficient (Wildman–Crippen LogP) is 6.69. The Balaban J connectivity index is 1.20. The van der Waals surface area contributed by atoms with Crippen LogP contribution in [0.5, 0.6) is 11.5 Å². The number of fused-ring (bicyclic) bond motifs is 2. The Kier molecular flexibility index (Phi) is 5.34. The van der Waals surface area contributed by atoms with E-state index in [1.807, 2.05) is 7.11 Å². The van der Waals surface area contributed by atoms with Crippen molar-refractivity contribution in [3.8, 4) is 11.5 Å². The van der Waals surface area contributed by atoms with Crippen LogP contribution in [0.25, 0.3) is 0 Å². The number of rotatable bonds is 8. The standard InChI is InChI=1S/C37H41NO3/c1-39-30-15-14-27-20-31-35-16-17-36(28-10-6-3-7-11-28,29(21-35)24-40-23-26-8-4-2-5-9-26)34-37(35,32(27)33(30)41-34)18-19-38(31)22-25-12-13-25/h2-11,14-15,25,29,31,34H,12-13,16-24H2,1H3/t29-,31?,34+,35-,36-,37+/m1/s1. The molecule has 41 heavy (non-hydrogen) atoms. The van der Waals surface area contributed by atoms with E-state index in [9.17, 15) is 0 Å². The summed E-state index contributed by atoms with van der Waals surface area (Å²) in [6.45, 7) is 3.92. The number of ether oxygens (including phenoxy) is 3. The van der Waals surface area contributed by atoms with E-state index in [4.69, 9.17) is 14.2 Å². The lowest BCUT2D eigenvalue weighted by Gasteiger charge is -2.74. The van der Waals surface area contributed by atoms with Gasteiger partial charge in [0.05, 0.1) is 20.3 Å². The first-order valence-electron chi connectivity index (χ1n) is 16.0. The monoisotopic (exact) mass is 547 g/mol. The van der Waals surface area contributed by atoms with E-state index in [-0.39, 0.29) is 22.3 Å². The summed E-state index contributed by atoms with van der Waals surface area (Å²) >= 11 is 0. The van der Waals surface area contributed by atoms with Crippen LogP contribution in [0.15, 0.2) is 72.8 Å². The van der Waals surface area contributed by atoms with Crippen molar-refractivity contribution < 1.29 is 14.2 Å². The fourth-order valence-electron chi connectivity index (χ4n) is 10.7. The summed E-state index contributed by atoms with van der Waals surface area (Å²) in [6, 6.07) is 27.2. The van der Waals surface area contributed by atoms with Gasteiger partial charge in [-0.25, -0.2) is 0 Å². The van der Waals surface area contributed by atoms with Crippen LogP contribution in [-0.4, -0.2) is 43.9 Å². The highest BCUT2D eigenvalue weighted by Gasteiger charge is 2.80. The van der Waals surface area contributed by atoms with Gasteiger partial charge in [-0.3, -0.25) is 4.90 Å². The third kappa shape index (κ3) is 3.19. The summed E-state index contributed by atoms with van der Waals surface area (Å²) in [7, 11) is 1.81. The molecule has 5 fully saturated rings. The molecule has 1 saturated heterocycles. The van der Waals surface area contributed by atoms with Gasteiger partial charge in [0, 0.05) is 34.4 Å². The van der Waals surface area contributed by atoms with Crippen molar-refractivity contribution in [2.75, 3.05) is 26.8 Å². The van der Waals surface area contributed by atoms with Crippen LogP contribution in [0.4, 0.5) is 0 Å². The maximum Gasteiger partial charge on any atom is 0.165 e. The molecule has 4 bridgehead atoms. The van der Waals surface area contributed by atoms with E-state index in [0.29, 0.717) is 18.6 Å². The van der Waals surface area contributed by atoms with Gasteiger partial charge in [-0.1, -0.05) is 66.7 Å². The Morgan fingerprint density at radius 2 is 1.73 bits per heavy atom. The van der Waals surface area contributed by atoms with Gasteiger partial charge in [-0.05, 0) is 86.1 Å². The number of hydrogen-bond acceptors (Lipinski definition) is 4. The molecule has 3 aromatic rings. The van der Waals surface area contributed by atoms with Crippen molar-refractivity contribution >= 4 is 0 Å². The van der Waals surface area contributed by atoms with Crippen molar-refractivity contribution in [3.63, 3.8) is 0 Å². The molecule has 0 N–H and O–H groups in total. The number of methoxy groups -OCH3 is 1. The fourth-order valence-corrected chi connectivity index (χ4v) is 10.7. The van der Waals surface area contributed by atoms with Crippen molar-refractivity contribution in [2.45, 2.75) is 74.5 Å². The lowest BCUT2D eigenvalue weighted by molar-refractivity contribution is -0.220. The summed E-state index contributed by atoms with van der Waals surface area (Å²) in [4.78, 5) is 2.94. The Hall–Kier alpha value is -2.82. The SMILES string of the molecule is COc1ccc2c3c1O[C@H]1[C@@]4(c5ccccc5)CC[C@@]5(C[C@@H]4COCc4ccccc4)C(C2)N(CC2CC2)CC[C@]315. The minimum atomic E-state index is -0.0818. The molecule has 0 amide bonds. The molecule has 2 spiro atoms. The number of benzene rings is 3. The van der Waals surface area contributed by atoms with Crippen LogP contribution in [0, 0.1) is 17.3 Å². The molecule has 7 aliphatic rings. The Bertz CT molecular complexity index is 1470. The van der Waals surface area contributed by atoms with Crippen molar-refractivity contribution in [1.29, 1.82) is 0 Å². The Morgan fingerprint density at radius 1 is 0.927 bits per heavy atom. The van der Waals surface area contributed by atoms with Gasteiger partial charge in [-0.2, -0.15) is 0 Å². The van der Waals surface area contributed by atoms with E-state index < -0.39 is 0 Å². The van der Waals surface area contributed by atoms with Gasteiger partial charge < -0.3 is 14.2 Å². The third-order valence-electron chi connectivity index (χ3n) is 12.5. The molecule has 2 aliphatic heterocycles. The maximum absolute atomic E-state index is 7.41. The maximum atomic E-state index is 7.41. The topological polar surface area (TPSA) is 30.9 Å². The Morgan fingerprint density at radius 3 is 2.51 bits per heavy atom. The van der Waals surface area contributed by atoms with Crippen molar-refractivity contribution in [3.05, 3.63) is 95.1 Å². The number of nitrogens with zero attached hydrogens (tertiary/aromatic N) is 1. The second-order valence-corrected chi connectivity index (χ2v) is 14.0. The zero-order valence-electron chi connectivity index (χ0n) is 24.2. The van der Waals surface area contributed by atoms with Crippen molar-refractivity contribution in [2.24, 2.45) is 17.3 Å². The van der Waals surface area contributed by atoms with E-state index >= 15 is 0 Å². The second kappa shape index (κ2) is 8.84. The number of likely N-dealkylation sites (tertiary alicyclic amines) is 1. The van der Waals surface area contributed by atoms with E-state index in [1.54, 1.807) is 0 Å². The average molecular weight is 548 g/mol. The zero-order valence-corrected chi connectivity index (χ0v) is 24.2. The minimum Gasteiger partial charge on any atom is -0.493 e. The third-order valence-corrected chi connectivity index (χ3v) is 12.5. The molecule has 4 heteroatoms. The summed E-state index contributed by atoms with van der Waals surface area (Å²) in [5, 5.41) is 0. The van der Waals surface area contributed by atoms with Crippen LogP contribution in [0.2, 0.25) is 0 Å². The van der Waals surface area contributed by atoms with E-state index in [1.165, 1.54) is 73.9 Å². The molecule has 0 aromatic heterocycles. The molecule has 3 aromatic carbocycles. The first-order chi connectivity index (χ1) is 20.2. The molecular formula is C37H41NO3. The molecule has 10 rings (SSSR count). The molecule has 5 aliphatic carbocycles. The highest BCUT2D eigenvalue weighted by molar-refractivity contribution is 5.64. The number of hydrogen-bond donors (Lipinski definition) is 0. The lowest BCUT2D eigenvalue weighted by Crippen LogP contribution is -2.80. The Labute approximate surface area is 244 Å². The predicted molar refractivity (Wildman–Crippen MR) is 159 cm³/mol. The highest BCUT2D eigenvalue weighted by Crippen LogP contribution is 2.78. The van der Waals surface area contributed by atoms with Crippen LogP contribution >= 0.6 is 0 Å². The molecular weight excluding hydrogens is 506 g/mol. The molecule has 0 radical (unpaired) electrons. The van der Waals surface area contributed by atoms with Crippen LogP contribution in [-0.2, 0) is 28.6 Å². The normalized spacial score (nSPS) is 36.1. The van der Waals surface area contributed by atoms with Crippen LogP contribution in [0.1, 0.15) is 60.8 Å². The lowest BCUT2D eigenvalue weighted by atomic mass is 9.32. The highest BCUT2D eigenvalue weighted by atomic mass is 16.5. The zero-order chi connectivity index (χ0) is 27.2. The first kappa shape index (κ1) is 24.7. The van der Waals surface area contributed by atoms with Gasteiger partial charge in [0.1, 0.15) is 6.10 Å². The number of piperidine rings is 1. The van der Waals surface area contributed by atoms with Gasteiger partial charge in [0.25, 0.3) is 0 Å². The fraction of sp³-hybridized carbons (Fsp3) is 0.514. The first-order valence-corrected chi connectivity index (χ1v) is 16.0. The largest absolute Gasteiger partial charge is 0.493 e. The van der Waals surface area contributed by atoms with E-state index in [2.05, 4.69) is 77.7 Å². The smallest absolute Gasteiger partial charge is 0.165 e. The van der Waals surface area contributed by atoms with E-state index in [0.717, 1.165) is 30.4 Å². The molecule has 6 atom stereocenters.